The Morgan fingerprint density at radius 1 is 1.00 bits per heavy atom. The van der Waals surface area contributed by atoms with Crippen LogP contribution < -0.4 is 15.2 Å². The van der Waals surface area contributed by atoms with E-state index in [-0.39, 0.29) is 0 Å². The number of halogens is 1. The van der Waals surface area contributed by atoms with Crippen LogP contribution in [0, 0.1) is 0 Å². The van der Waals surface area contributed by atoms with Crippen molar-refractivity contribution in [3.63, 3.8) is 0 Å². The van der Waals surface area contributed by atoms with Gasteiger partial charge in [0.1, 0.15) is 18.1 Å². The Morgan fingerprint density at radius 2 is 1.63 bits per heavy atom. The Morgan fingerprint density at radius 3 is 2.21 bits per heavy atom. The molecule has 2 rings (SSSR count). The first-order valence-corrected chi connectivity index (χ1v) is 6.47. The highest BCUT2D eigenvalue weighted by Gasteiger charge is 2.05. The summed E-state index contributed by atoms with van der Waals surface area (Å²) in [7, 11) is 0. The van der Waals surface area contributed by atoms with Crippen LogP contribution in [0.15, 0.2) is 42.5 Å². The molecule has 2 aromatic rings. The van der Waals surface area contributed by atoms with Gasteiger partial charge in [0.05, 0.1) is 6.61 Å². The van der Waals surface area contributed by atoms with Crippen molar-refractivity contribution in [2.45, 2.75) is 13.5 Å². The summed E-state index contributed by atoms with van der Waals surface area (Å²) in [5, 5.41) is 0.617. The van der Waals surface area contributed by atoms with Crippen molar-refractivity contribution < 1.29 is 9.47 Å². The van der Waals surface area contributed by atoms with E-state index in [0.717, 1.165) is 17.1 Å². The molecule has 0 aliphatic rings. The molecule has 2 aromatic carbocycles. The maximum atomic E-state index is 6.08. The molecular formula is C15H16ClNO2. The average Bonchev–Trinajstić information content (AvgIpc) is 2.40. The number of nitrogens with two attached hydrogens (primary N) is 1. The molecule has 0 unspecified atom stereocenters. The molecule has 3 nitrogen and oxygen atoms in total. The van der Waals surface area contributed by atoms with Gasteiger partial charge in [0.15, 0.2) is 0 Å². The van der Waals surface area contributed by atoms with Gasteiger partial charge in [-0.1, -0.05) is 17.7 Å². The molecule has 0 aromatic heterocycles. The second kappa shape index (κ2) is 6.34. The normalized spacial score (nSPS) is 10.2. The van der Waals surface area contributed by atoms with Gasteiger partial charge in [-0.2, -0.15) is 0 Å². The first-order valence-electron chi connectivity index (χ1n) is 6.09. The van der Waals surface area contributed by atoms with Crippen molar-refractivity contribution in [3.05, 3.63) is 53.1 Å². The monoisotopic (exact) mass is 277 g/mol. The molecule has 0 saturated carbocycles. The van der Waals surface area contributed by atoms with E-state index in [2.05, 4.69) is 0 Å². The Balaban J connectivity index is 2.02. The summed E-state index contributed by atoms with van der Waals surface area (Å²) < 4.78 is 11.0. The van der Waals surface area contributed by atoms with Crippen molar-refractivity contribution in [1.82, 2.24) is 0 Å². The Hall–Kier alpha value is -1.87. The molecule has 0 fully saturated rings. The van der Waals surface area contributed by atoms with Gasteiger partial charge in [0.2, 0.25) is 0 Å². The van der Waals surface area contributed by atoms with E-state index >= 15 is 0 Å². The molecular weight excluding hydrogens is 262 g/mol. The zero-order valence-electron chi connectivity index (χ0n) is 10.7. The topological polar surface area (TPSA) is 44.5 Å². The van der Waals surface area contributed by atoms with E-state index < -0.39 is 0 Å². The maximum Gasteiger partial charge on any atom is 0.120 e. The fourth-order valence-corrected chi connectivity index (χ4v) is 1.92. The number of benzene rings is 2. The van der Waals surface area contributed by atoms with Gasteiger partial charge >= 0.3 is 0 Å². The number of ether oxygens (including phenoxy) is 2. The molecule has 19 heavy (non-hydrogen) atoms. The van der Waals surface area contributed by atoms with Crippen LogP contribution in [0.3, 0.4) is 0 Å². The molecule has 4 heteroatoms. The summed E-state index contributed by atoms with van der Waals surface area (Å²) in [5.41, 5.74) is 7.31. The minimum atomic E-state index is 0.347. The lowest BCUT2D eigenvalue weighted by molar-refractivity contribution is 0.304. The zero-order valence-corrected chi connectivity index (χ0v) is 11.5. The minimum Gasteiger partial charge on any atom is -0.494 e. The smallest absolute Gasteiger partial charge is 0.120 e. The molecule has 0 amide bonds. The van der Waals surface area contributed by atoms with Crippen LogP contribution in [0.2, 0.25) is 5.02 Å². The lowest BCUT2D eigenvalue weighted by atomic mass is 10.2. The summed E-state index contributed by atoms with van der Waals surface area (Å²) in [4.78, 5) is 0. The molecule has 0 heterocycles. The summed E-state index contributed by atoms with van der Waals surface area (Å²) in [6.45, 7) is 2.94. The van der Waals surface area contributed by atoms with Crippen molar-refractivity contribution in [2.24, 2.45) is 0 Å². The van der Waals surface area contributed by atoms with Crippen molar-refractivity contribution in [1.29, 1.82) is 0 Å². The van der Waals surface area contributed by atoms with Crippen molar-refractivity contribution in [3.8, 4) is 11.5 Å². The molecule has 100 valence electrons. The predicted octanol–water partition coefficient (Wildman–Crippen LogP) is 3.90. The predicted molar refractivity (Wildman–Crippen MR) is 77.8 cm³/mol. The highest BCUT2D eigenvalue weighted by atomic mass is 35.5. The van der Waals surface area contributed by atoms with Crippen LogP contribution in [-0.2, 0) is 6.61 Å². The van der Waals surface area contributed by atoms with Gasteiger partial charge in [-0.25, -0.2) is 0 Å². The van der Waals surface area contributed by atoms with Crippen LogP contribution >= 0.6 is 11.6 Å². The molecule has 0 bridgehead atoms. The minimum absolute atomic E-state index is 0.347. The number of hydrogen-bond donors (Lipinski definition) is 1. The van der Waals surface area contributed by atoms with Gasteiger partial charge in [-0.05, 0) is 43.3 Å². The molecule has 0 radical (unpaired) electrons. The zero-order chi connectivity index (χ0) is 13.7. The van der Waals surface area contributed by atoms with Crippen LogP contribution in [0.1, 0.15) is 12.5 Å². The first-order chi connectivity index (χ1) is 9.20. The highest BCUT2D eigenvalue weighted by Crippen LogP contribution is 2.24. The quantitative estimate of drug-likeness (QED) is 0.843. The van der Waals surface area contributed by atoms with Crippen LogP contribution in [0.25, 0.3) is 0 Å². The summed E-state index contributed by atoms with van der Waals surface area (Å²) in [6.07, 6.45) is 0. The van der Waals surface area contributed by atoms with Crippen LogP contribution in [-0.4, -0.2) is 6.61 Å². The summed E-state index contributed by atoms with van der Waals surface area (Å²) in [5.74, 6) is 1.58. The molecule has 0 spiro atoms. The molecule has 2 N–H and O–H groups in total. The average molecular weight is 278 g/mol. The Kier molecular flexibility index (Phi) is 4.53. The third-order valence-corrected chi connectivity index (χ3v) is 3.03. The fourth-order valence-electron chi connectivity index (χ4n) is 1.68. The summed E-state index contributed by atoms with van der Waals surface area (Å²) in [6, 6.07) is 12.9. The lowest BCUT2D eigenvalue weighted by Crippen LogP contribution is -2.01. The van der Waals surface area contributed by atoms with Crippen LogP contribution in [0.4, 0.5) is 5.69 Å². The SMILES string of the molecule is CCOc1ccc(OCc2c(N)cccc2Cl)cc1. The van der Waals surface area contributed by atoms with E-state index in [1.165, 1.54) is 0 Å². The number of anilines is 1. The fraction of sp³-hybridized carbons (Fsp3) is 0.200. The van der Waals surface area contributed by atoms with Gasteiger partial charge in [0, 0.05) is 16.3 Å². The van der Waals surface area contributed by atoms with Gasteiger partial charge in [0.25, 0.3) is 0 Å². The molecule has 0 aliphatic heterocycles. The number of nitrogen functional groups attached to an aromatic ring is 1. The van der Waals surface area contributed by atoms with Gasteiger partial charge < -0.3 is 15.2 Å². The lowest BCUT2D eigenvalue weighted by Gasteiger charge is -2.10. The van der Waals surface area contributed by atoms with E-state index in [1.54, 1.807) is 6.07 Å². The third kappa shape index (κ3) is 3.55. The second-order valence-electron chi connectivity index (χ2n) is 4.00. The largest absolute Gasteiger partial charge is 0.494 e. The first kappa shape index (κ1) is 13.6. The van der Waals surface area contributed by atoms with E-state index in [0.29, 0.717) is 23.9 Å². The van der Waals surface area contributed by atoms with Gasteiger partial charge in [-0.15, -0.1) is 0 Å². The third-order valence-electron chi connectivity index (χ3n) is 2.67. The maximum absolute atomic E-state index is 6.08. The van der Waals surface area contributed by atoms with Crippen molar-refractivity contribution in [2.75, 3.05) is 12.3 Å². The number of hydrogen-bond acceptors (Lipinski definition) is 3. The van der Waals surface area contributed by atoms with Gasteiger partial charge in [-0.3, -0.25) is 0 Å². The molecule has 0 aliphatic carbocycles. The Labute approximate surface area is 117 Å². The second-order valence-corrected chi connectivity index (χ2v) is 4.41. The van der Waals surface area contributed by atoms with E-state index in [9.17, 15) is 0 Å². The van der Waals surface area contributed by atoms with E-state index in [1.807, 2.05) is 43.3 Å². The standard InChI is InChI=1S/C15H16ClNO2/c1-2-18-11-6-8-12(9-7-11)19-10-13-14(16)4-3-5-15(13)17/h3-9H,2,10,17H2,1H3. The molecule has 0 saturated heterocycles. The number of rotatable bonds is 5. The molecule has 0 atom stereocenters. The van der Waals surface area contributed by atoms with E-state index in [4.69, 9.17) is 26.8 Å². The van der Waals surface area contributed by atoms with Crippen molar-refractivity contribution >= 4 is 17.3 Å². The van der Waals surface area contributed by atoms with Crippen LogP contribution in [0.5, 0.6) is 11.5 Å². The summed E-state index contributed by atoms with van der Waals surface area (Å²) >= 11 is 6.08. The Bertz CT molecular complexity index is 520. The highest BCUT2D eigenvalue weighted by molar-refractivity contribution is 6.31.